The van der Waals surface area contributed by atoms with E-state index in [0.29, 0.717) is 0 Å². The van der Waals surface area contributed by atoms with E-state index in [1.54, 1.807) is 6.08 Å². The van der Waals surface area contributed by atoms with Gasteiger partial charge in [0.25, 0.3) is 0 Å². The van der Waals surface area contributed by atoms with Gasteiger partial charge in [-0.2, -0.15) is 0 Å². The van der Waals surface area contributed by atoms with Crippen molar-refractivity contribution in [3.05, 3.63) is 37.0 Å². The van der Waals surface area contributed by atoms with E-state index >= 15 is 0 Å². The van der Waals surface area contributed by atoms with E-state index in [9.17, 15) is 0 Å². The van der Waals surface area contributed by atoms with Crippen LogP contribution in [0.3, 0.4) is 0 Å². The third-order valence-electron chi connectivity index (χ3n) is 1.42. The van der Waals surface area contributed by atoms with Crippen LogP contribution < -0.4 is 5.73 Å². The summed E-state index contributed by atoms with van der Waals surface area (Å²) in [6.07, 6.45) is 8.92. The minimum atomic E-state index is 0.776. The predicted octanol–water partition coefficient (Wildman–Crippen LogP) is 2.41. The molecule has 0 aromatic heterocycles. The highest BCUT2D eigenvalue weighted by atomic mass is 14.5. The molecule has 0 amide bonds. The second-order valence-electron chi connectivity index (χ2n) is 2.50. The summed E-state index contributed by atoms with van der Waals surface area (Å²) in [5, 5.41) is 0. The second kappa shape index (κ2) is 7.29. The molecule has 0 aliphatic carbocycles. The molecule has 0 rings (SSSR count). The van der Waals surface area contributed by atoms with Crippen molar-refractivity contribution in [3.63, 3.8) is 0 Å². The van der Waals surface area contributed by atoms with Crippen molar-refractivity contribution in [2.75, 3.05) is 6.54 Å². The average molecular weight is 151 g/mol. The molecule has 11 heavy (non-hydrogen) atoms. The van der Waals surface area contributed by atoms with Crippen molar-refractivity contribution in [3.8, 4) is 0 Å². The normalized spacial score (nSPS) is 10.3. The molecule has 0 radical (unpaired) electrons. The van der Waals surface area contributed by atoms with E-state index in [2.05, 4.69) is 13.2 Å². The maximum Gasteiger partial charge on any atom is -0.00772 e. The van der Waals surface area contributed by atoms with Gasteiger partial charge in [0.2, 0.25) is 0 Å². The van der Waals surface area contributed by atoms with Crippen molar-refractivity contribution in [1.29, 1.82) is 0 Å². The first kappa shape index (κ1) is 10.2. The van der Waals surface area contributed by atoms with Crippen LogP contribution in [0.1, 0.15) is 19.3 Å². The van der Waals surface area contributed by atoms with Gasteiger partial charge in [-0.25, -0.2) is 0 Å². The Morgan fingerprint density at radius 3 is 2.64 bits per heavy atom. The van der Waals surface area contributed by atoms with Crippen molar-refractivity contribution in [2.45, 2.75) is 19.3 Å². The highest BCUT2D eigenvalue weighted by Gasteiger charge is 1.87. The number of rotatable bonds is 6. The van der Waals surface area contributed by atoms with E-state index in [-0.39, 0.29) is 0 Å². The van der Waals surface area contributed by atoms with Crippen LogP contribution in [0, 0.1) is 0 Å². The molecule has 0 aromatic carbocycles. The molecule has 0 aromatic rings. The smallest absolute Gasteiger partial charge is 0.00772 e. The first-order valence-electron chi connectivity index (χ1n) is 3.98. The standard InChI is InChI=1S/C10H17N/c1-3-4-7-10(2)8-5-6-9-11/h3-4,7H,1-2,5-6,8-9,11H2. The van der Waals surface area contributed by atoms with E-state index in [1.165, 1.54) is 0 Å². The average Bonchev–Trinajstić information content (AvgIpc) is 2.01. The van der Waals surface area contributed by atoms with E-state index in [1.807, 2.05) is 12.2 Å². The molecular weight excluding hydrogens is 134 g/mol. The molecule has 2 N–H and O–H groups in total. The largest absolute Gasteiger partial charge is 0.330 e. The maximum atomic E-state index is 5.35. The van der Waals surface area contributed by atoms with Gasteiger partial charge in [0.05, 0.1) is 0 Å². The summed E-state index contributed by atoms with van der Waals surface area (Å²) in [5.41, 5.74) is 6.50. The van der Waals surface area contributed by atoms with Crippen LogP contribution in [0.25, 0.3) is 0 Å². The van der Waals surface area contributed by atoms with Crippen LogP contribution in [-0.4, -0.2) is 6.54 Å². The Kier molecular flexibility index (Phi) is 6.75. The van der Waals surface area contributed by atoms with Crippen LogP contribution in [0.5, 0.6) is 0 Å². The molecule has 0 saturated heterocycles. The fourth-order valence-electron chi connectivity index (χ4n) is 0.784. The molecule has 0 spiro atoms. The zero-order valence-electron chi connectivity index (χ0n) is 7.05. The lowest BCUT2D eigenvalue weighted by molar-refractivity contribution is 0.748. The zero-order valence-corrected chi connectivity index (χ0v) is 7.05. The predicted molar refractivity (Wildman–Crippen MR) is 51.4 cm³/mol. The van der Waals surface area contributed by atoms with Crippen molar-refractivity contribution >= 4 is 0 Å². The topological polar surface area (TPSA) is 26.0 Å². The van der Waals surface area contributed by atoms with Gasteiger partial charge in [-0.1, -0.05) is 37.0 Å². The minimum Gasteiger partial charge on any atom is -0.330 e. The number of unbranched alkanes of at least 4 members (excludes halogenated alkanes) is 1. The third kappa shape index (κ3) is 7.07. The number of nitrogens with two attached hydrogens (primary N) is 1. The van der Waals surface area contributed by atoms with Gasteiger partial charge in [0.15, 0.2) is 0 Å². The van der Waals surface area contributed by atoms with Gasteiger partial charge in [0.1, 0.15) is 0 Å². The fraction of sp³-hybridized carbons (Fsp3) is 0.400. The Labute approximate surface area is 69.3 Å². The molecule has 0 heterocycles. The van der Waals surface area contributed by atoms with Crippen LogP contribution in [-0.2, 0) is 0 Å². The molecule has 0 fully saturated rings. The van der Waals surface area contributed by atoms with E-state index in [0.717, 1.165) is 31.4 Å². The molecule has 1 heteroatoms. The van der Waals surface area contributed by atoms with Crippen molar-refractivity contribution in [2.24, 2.45) is 5.73 Å². The summed E-state index contributed by atoms with van der Waals surface area (Å²) < 4.78 is 0. The van der Waals surface area contributed by atoms with Gasteiger partial charge in [-0.3, -0.25) is 0 Å². The Morgan fingerprint density at radius 2 is 2.09 bits per heavy atom. The fourth-order valence-corrected chi connectivity index (χ4v) is 0.784. The Morgan fingerprint density at radius 1 is 1.36 bits per heavy atom. The van der Waals surface area contributed by atoms with E-state index in [4.69, 9.17) is 5.73 Å². The lowest BCUT2D eigenvalue weighted by atomic mass is 10.1. The summed E-state index contributed by atoms with van der Waals surface area (Å²) in [7, 11) is 0. The summed E-state index contributed by atoms with van der Waals surface area (Å²) in [6, 6.07) is 0. The maximum absolute atomic E-state index is 5.35. The third-order valence-corrected chi connectivity index (χ3v) is 1.42. The molecular formula is C10H17N. The quantitative estimate of drug-likeness (QED) is 0.458. The summed E-state index contributed by atoms with van der Waals surface area (Å²) in [4.78, 5) is 0. The number of allylic oxidation sites excluding steroid dienone is 4. The molecule has 0 aliphatic heterocycles. The lowest BCUT2D eigenvalue weighted by Gasteiger charge is -1.97. The molecule has 0 aliphatic rings. The molecule has 0 unspecified atom stereocenters. The monoisotopic (exact) mass is 151 g/mol. The number of hydrogen-bond donors (Lipinski definition) is 1. The van der Waals surface area contributed by atoms with E-state index < -0.39 is 0 Å². The SMILES string of the molecule is C=CC=CC(=C)CCCCN. The molecule has 0 saturated carbocycles. The molecule has 0 bridgehead atoms. The van der Waals surface area contributed by atoms with Gasteiger partial charge in [0, 0.05) is 0 Å². The van der Waals surface area contributed by atoms with Gasteiger partial charge < -0.3 is 5.73 Å². The van der Waals surface area contributed by atoms with Crippen LogP contribution in [0.4, 0.5) is 0 Å². The second-order valence-corrected chi connectivity index (χ2v) is 2.50. The Balaban J connectivity index is 3.37. The van der Waals surface area contributed by atoms with Gasteiger partial charge in [-0.05, 0) is 25.8 Å². The Hall–Kier alpha value is -0.820. The highest BCUT2D eigenvalue weighted by Crippen LogP contribution is 2.05. The lowest BCUT2D eigenvalue weighted by Crippen LogP contribution is -1.97. The first-order chi connectivity index (χ1) is 5.31. The Bertz CT molecular complexity index is 145. The molecule has 1 nitrogen and oxygen atoms in total. The highest BCUT2D eigenvalue weighted by molar-refractivity contribution is 5.17. The number of hydrogen-bond acceptors (Lipinski definition) is 1. The minimum absolute atomic E-state index is 0.776. The van der Waals surface area contributed by atoms with Crippen molar-refractivity contribution in [1.82, 2.24) is 0 Å². The summed E-state index contributed by atoms with van der Waals surface area (Å²) >= 11 is 0. The summed E-state index contributed by atoms with van der Waals surface area (Å²) in [5.74, 6) is 0. The molecule has 0 atom stereocenters. The van der Waals surface area contributed by atoms with Gasteiger partial charge >= 0.3 is 0 Å². The molecule has 62 valence electrons. The van der Waals surface area contributed by atoms with Crippen LogP contribution in [0.15, 0.2) is 37.0 Å². The van der Waals surface area contributed by atoms with Crippen LogP contribution in [0.2, 0.25) is 0 Å². The van der Waals surface area contributed by atoms with Gasteiger partial charge in [-0.15, -0.1) is 0 Å². The summed E-state index contributed by atoms with van der Waals surface area (Å²) in [6.45, 7) is 8.25. The van der Waals surface area contributed by atoms with Crippen molar-refractivity contribution < 1.29 is 0 Å². The zero-order chi connectivity index (χ0) is 8.53. The van der Waals surface area contributed by atoms with Crippen LogP contribution >= 0.6 is 0 Å². The first-order valence-corrected chi connectivity index (χ1v) is 3.98.